The Labute approximate surface area is 93.0 Å². The van der Waals surface area contributed by atoms with Crippen molar-refractivity contribution in [3.63, 3.8) is 0 Å². The number of aromatic carboxylic acids is 1. The van der Waals surface area contributed by atoms with Crippen LogP contribution in [-0.2, 0) is 9.59 Å². The van der Waals surface area contributed by atoms with Crippen molar-refractivity contribution in [2.24, 2.45) is 0 Å². The van der Waals surface area contributed by atoms with Crippen molar-refractivity contribution >= 4 is 34.3 Å². The predicted octanol–water partition coefficient (Wildman–Crippen LogP) is 0.421. The molecule has 0 saturated heterocycles. The number of nitrogens with one attached hydrogen (secondary N) is 1. The van der Waals surface area contributed by atoms with Gasteiger partial charge in [-0.1, -0.05) is 11.3 Å². The van der Waals surface area contributed by atoms with Gasteiger partial charge in [-0.3, -0.25) is 10.1 Å². The van der Waals surface area contributed by atoms with Gasteiger partial charge in [-0.25, -0.2) is 14.6 Å². The molecule has 8 heteroatoms. The van der Waals surface area contributed by atoms with Crippen molar-refractivity contribution < 1.29 is 24.6 Å². The average molecular weight is 242 g/mol. The molecule has 0 radical (unpaired) electrons. The van der Waals surface area contributed by atoms with Gasteiger partial charge in [0.25, 0.3) is 0 Å². The summed E-state index contributed by atoms with van der Waals surface area (Å²) in [7, 11) is 0. The molecule has 0 bridgehead atoms. The van der Waals surface area contributed by atoms with Crippen molar-refractivity contribution in [1.29, 1.82) is 0 Å². The Morgan fingerprint density at radius 3 is 2.50 bits per heavy atom. The van der Waals surface area contributed by atoms with Crippen molar-refractivity contribution in [2.75, 3.05) is 5.32 Å². The normalized spacial score (nSPS) is 10.2. The fourth-order valence-corrected chi connectivity index (χ4v) is 1.38. The van der Waals surface area contributed by atoms with Gasteiger partial charge in [0.15, 0.2) is 5.13 Å². The number of nitrogens with zero attached hydrogens (tertiary/aromatic N) is 1. The number of aromatic nitrogens is 1. The molecule has 1 aromatic rings. The molecule has 0 spiro atoms. The van der Waals surface area contributed by atoms with Crippen molar-refractivity contribution in [2.45, 2.75) is 0 Å². The Hall–Kier alpha value is -2.22. The fourth-order valence-electron chi connectivity index (χ4n) is 0.725. The molecule has 84 valence electrons. The minimum atomic E-state index is -1.25. The molecule has 0 atom stereocenters. The summed E-state index contributed by atoms with van der Waals surface area (Å²) in [6.07, 6.45) is 2.58. The Bertz CT molecular complexity index is 465. The number of hydrogen-bond donors (Lipinski definition) is 3. The third kappa shape index (κ3) is 3.50. The third-order valence-corrected chi connectivity index (χ3v) is 2.22. The van der Waals surface area contributed by atoms with E-state index in [1.54, 1.807) is 0 Å². The second-order valence-corrected chi connectivity index (χ2v) is 3.53. The largest absolute Gasteiger partial charge is 0.478 e. The Kier molecular flexibility index (Phi) is 3.72. The number of rotatable bonds is 4. The molecule has 1 aromatic heterocycles. The van der Waals surface area contributed by atoms with Gasteiger partial charge in [-0.05, 0) is 0 Å². The van der Waals surface area contributed by atoms with Crippen LogP contribution in [0.15, 0.2) is 18.3 Å². The van der Waals surface area contributed by atoms with E-state index >= 15 is 0 Å². The highest BCUT2D eigenvalue weighted by molar-refractivity contribution is 7.17. The van der Waals surface area contributed by atoms with Gasteiger partial charge in [0.1, 0.15) is 4.88 Å². The lowest BCUT2D eigenvalue weighted by atomic mass is 10.5. The molecule has 0 fully saturated rings. The molecule has 1 heterocycles. The summed E-state index contributed by atoms with van der Waals surface area (Å²) in [5.41, 5.74) is 0. The van der Waals surface area contributed by atoms with Gasteiger partial charge < -0.3 is 10.2 Å². The number of carboxylic acid groups (broad SMARTS) is 2. The van der Waals surface area contributed by atoms with Gasteiger partial charge in [0.05, 0.1) is 6.20 Å². The lowest BCUT2D eigenvalue weighted by Crippen LogP contribution is -2.08. The maximum Gasteiger partial charge on any atom is 0.347 e. The SMILES string of the molecule is O=C(O)/C=C\C(=O)Nc1ncc(C(=O)O)s1. The van der Waals surface area contributed by atoms with E-state index < -0.39 is 17.8 Å². The van der Waals surface area contributed by atoms with E-state index in [0.717, 1.165) is 23.6 Å². The van der Waals surface area contributed by atoms with Crippen LogP contribution in [0.4, 0.5) is 5.13 Å². The molecule has 7 nitrogen and oxygen atoms in total. The van der Waals surface area contributed by atoms with Crippen LogP contribution >= 0.6 is 11.3 Å². The van der Waals surface area contributed by atoms with E-state index in [0.29, 0.717) is 6.08 Å². The predicted molar refractivity (Wildman–Crippen MR) is 54.5 cm³/mol. The van der Waals surface area contributed by atoms with Crippen molar-refractivity contribution in [3.05, 3.63) is 23.2 Å². The lowest BCUT2D eigenvalue weighted by molar-refractivity contribution is -0.131. The smallest absolute Gasteiger partial charge is 0.347 e. The first kappa shape index (κ1) is 11.9. The van der Waals surface area contributed by atoms with Crippen LogP contribution < -0.4 is 5.32 Å². The van der Waals surface area contributed by atoms with E-state index in [2.05, 4.69) is 10.3 Å². The van der Waals surface area contributed by atoms with E-state index in [1.807, 2.05) is 0 Å². The number of aliphatic carboxylic acids is 1. The Morgan fingerprint density at radius 2 is 2.00 bits per heavy atom. The highest BCUT2D eigenvalue weighted by Gasteiger charge is 2.09. The zero-order valence-corrected chi connectivity index (χ0v) is 8.52. The first-order chi connectivity index (χ1) is 7.49. The minimum absolute atomic E-state index is 0.0162. The maximum absolute atomic E-state index is 11.1. The summed E-state index contributed by atoms with van der Waals surface area (Å²) in [4.78, 5) is 35.2. The molecule has 3 N–H and O–H groups in total. The van der Waals surface area contributed by atoms with Crippen LogP contribution in [0.5, 0.6) is 0 Å². The number of anilines is 1. The maximum atomic E-state index is 11.1. The van der Waals surface area contributed by atoms with E-state index in [-0.39, 0.29) is 10.0 Å². The van der Waals surface area contributed by atoms with Crippen molar-refractivity contribution in [3.8, 4) is 0 Å². The Balaban J connectivity index is 2.63. The number of amides is 1. The number of carbonyl (C=O) groups is 3. The number of carbonyl (C=O) groups excluding carboxylic acids is 1. The molecule has 0 aliphatic carbocycles. The second-order valence-electron chi connectivity index (χ2n) is 2.50. The van der Waals surface area contributed by atoms with Gasteiger partial charge in [0, 0.05) is 12.2 Å². The second kappa shape index (κ2) is 5.03. The zero-order valence-electron chi connectivity index (χ0n) is 7.71. The van der Waals surface area contributed by atoms with Gasteiger partial charge in [-0.2, -0.15) is 0 Å². The van der Waals surface area contributed by atoms with Crippen LogP contribution in [-0.4, -0.2) is 33.0 Å². The molecule has 0 saturated carbocycles. The standard InChI is InChI=1S/C8H6N2O5S/c11-5(1-2-6(12)13)10-8-9-3-4(16-8)7(14)15/h1-3H,(H,12,13)(H,14,15)(H,9,10,11)/b2-1-. The summed E-state index contributed by atoms with van der Waals surface area (Å²) in [5.74, 6) is -3.08. The van der Waals surface area contributed by atoms with E-state index in [9.17, 15) is 14.4 Å². The quantitative estimate of drug-likeness (QED) is 0.659. The van der Waals surface area contributed by atoms with E-state index in [1.165, 1.54) is 0 Å². The fraction of sp³-hybridized carbons (Fsp3) is 0. The van der Waals surface area contributed by atoms with Gasteiger partial charge in [-0.15, -0.1) is 0 Å². The van der Waals surface area contributed by atoms with Crippen LogP contribution in [0.3, 0.4) is 0 Å². The number of hydrogen-bond acceptors (Lipinski definition) is 5. The molecule has 0 unspecified atom stereocenters. The molecular weight excluding hydrogens is 236 g/mol. The highest BCUT2D eigenvalue weighted by Crippen LogP contribution is 2.17. The van der Waals surface area contributed by atoms with E-state index in [4.69, 9.17) is 10.2 Å². The highest BCUT2D eigenvalue weighted by atomic mass is 32.1. The first-order valence-corrected chi connectivity index (χ1v) is 4.72. The van der Waals surface area contributed by atoms with Crippen LogP contribution in [0.1, 0.15) is 9.67 Å². The topological polar surface area (TPSA) is 117 Å². The molecule has 0 aromatic carbocycles. The molecule has 0 aliphatic rings. The monoisotopic (exact) mass is 242 g/mol. The lowest BCUT2D eigenvalue weighted by Gasteiger charge is -1.93. The zero-order chi connectivity index (χ0) is 12.1. The Morgan fingerprint density at radius 1 is 1.31 bits per heavy atom. The van der Waals surface area contributed by atoms with Crippen LogP contribution in [0, 0.1) is 0 Å². The number of carboxylic acids is 2. The third-order valence-electron chi connectivity index (χ3n) is 1.32. The summed E-state index contributed by atoms with van der Waals surface area (Å²) in [6.45, 7) is 0. The van der Waals surface area contributed by atoms with Crippen LogP contribution in [0.25, 0.3) is 0 Å². The van der Waals surface area contributed by atoms with Crippen LogP contribution in [0.2, 0.25) is 0 Å². The van der Waals surface area contributed by atoms with Gasteiger partial charge in [0.2, 0.25) is 5.91 Å². The average Bonchev–Trinajstić information content (AvgIpc) is 2.63. The van der Waals surface area contributed by atoms with Crippen molar-refractivity contribution in [1.82, 2.24) is 4.98 Å². The molecular formula is C8H6N2O5S. The first-order valence-electron chi connectivity index (χ1n) is 3.90. The van der Waals surface area contributed by atoms with Gasteiger partial charge >= 0.3 is 11.9 Å². The molecule has 1 rings (SSSR count). The minimum Gasteiger partial charge on any atom is -0.478 e. The summed E-state index contributed by atoms with van der Waals surface area (Å²) in [5, 5.41) is 19.1. The summed E-state index contributed by atoms with van der Waals surface area (Å²) < 4.78 is 0. The molecule has 1 amide bonds. The summed E-state index contributed by atoms with van der Waals surface area (Å²) in [6, 6.07) is 0. The molecule has 16 heavy (non-hydrogen) atoms. The number of thiazole rings is 1. The summed E-state index contributed by atoms with van der Waals surface area (Å²) >= 11 is 0.780. The molecule has 0 aliphatic heterocycles.